The second kappa shape index (κ2) is 10.7. The standard InChI is InChI=1S/C24H30N2O4/c1-18(24(28)25-20-10-6-7-11-20)26(16-19-9-8-14-22(15-19)29-2)23(27)17-30-21-12-4-3-5-13-21/h3-5,8-9,12-15,18,20H,6-7,10-11,16-17H2,1-2H3,(H,25,28)/t18-/m0/s1. The molecule has 1 fully saturated rings. The minimum atomic E-state index is -0.608. The number of amides is 2. The van der Waals surface area contributed by atoms with Crippen LogP contribution in [0.1, 0.15) is 38.2 Å². The molecule has 0 spiro atoms. The van der Waals surface area contributed by atoms with Gasteiger partial charge < -0.3 is 19.7 Å². The monoisotopic (exact) mass is 410 g/mol. The van der Waals surface area contributed by atoms with E-state index in [4.69, 9.17) is 9.47 Å². The van der Waals surface area contributed by atoms with Crippen molar-refractivity contribution in [2.75, 3.05) is 13.7 Å². The number of benzene rings is 2. The zero-order valence-corrected chi connectivity index (χ0v) is 17.7. The van der Waals surface area contributed by atoms with Gasteiger partial charge in [0.05, 0.1) is 7.11 Å². The zero-order valence-electron chi connectivity index (χ0n) is 17.7. The summed E-state index contributed by atoms with van der Waals surface area (Å²) in [6.45, 7) is 1.94. The first-order valence-electron chi connectivity index (χ1n) is 10.5. The van der Waals surface area contributed by atoms with Gasteiger partial charge in [-0.1, -0.05) is 43.2 Å². The fourth-order valence-corrected chi connectivity index (χ4v) is 3.69. The van der Waals surface area contributed by atoms with Crippen LogP contribution in [-0.2, 0) is 16.1 Å². The maximum atomic E-state index is 13.0. The van der Waals surface area contributed by atoms with Crippen molar-refractivity contribution < 1.29 is 19.1 Å². The molecule has 6 heteroatoms. The van der Waals surface area contributed by atoms with Crippen molar-refractivity contribution in [1.29, 1.82) is 0 Å². The summed E-state index contributed by atoms with van der Waals surface area (Å²) < 4.78 is 10.9. The molecule has 6 nitrogen and oxygen atoms in total. The van der Waals surface area contributed by atoms with E-state index in [-0.39, 0.29) is 24.5 Å². The lowest BCUT2D eigenvalue weighted by Crippen LogP contribution is -2.50. The highest BCUT2D eigenvalue weighted by Crippen LogP contribution is 2.19. The van der Waals surface area contributed by atoms with Crippen LogP contribution >= 0.6 is 0 Å². The highest BCUT2D eigenvalue weighted by Gasteiger charge is 2.28. The van der Waals surface area contributed by atoms with E-state index < -0.39 is 6.04 Å². The number of para-hydroxylation sites is 1. The van der Waals surface area contributed by atoms with Gasteiger partial charge in [0.15, 0.2) is 6.61 Å². The summed E-state index contributed by atoms with van der Waals surface area (Å²) in [6.07, 6.45) is 4.27. The molecule has 1 N–H and O–H groups in total. The Morgan fingerprint density at radius 1 is 1.07 bits per heavy atom. The molecule has 160 valence electrons. The maximum Gasteiger partial charge on any atom is 0.261 e. The number of ether oxygens (including phenoxy) is 2. The second-order valence-electron chi connectivity index (χ2n) is 7.64. The Morgan fingerprint density at radius 2 is 1.77 bits per heavy atom. The molecule has 2 aromatic carbocycles. The predicted molar refractivity (Wildman–Crippen MR) is 115 cm³/mol. The molecule has 1 aliphatic carbocycles. The average molecular weight is 411 g/mol. The molecule has 3 rings (SSSR count). The number of hydrogen-bond donors (Lipinski definition) is 1. The van der Waals surface area contributed by atoms with Crippen molar-refractivity contribution >= 4 is 11.8 Å². The second-order valence-corrected chi connectivity index (χ2v) is 7.64. The van der Waals surface area contributed by atoms with Crippen LogP contribution in [0.3, 0.4) is 0 Å². The molecule has 0 bridgehead atoms. The Morgan fingerprint density at radius 3 is 2.47 bits per heavy atom. The van der Waals surface area contributed by atoms with Gasteiger partial charge in [-0.05, 0) is 49.6 Å². The number of rotatable bonds is 9. The lowest BCUT2D eigenvalue weighted by molar-refractivity contribution is -0.142. The predicted octanol–water partition coefficient (Wildman–Crippen LogP) is 3.55. The molecule has 1 aliphatic rings. The molecular weight excluding hydrogens is 380 g/mol. The van der Waals surface area contributed by atoms with E-state index in [0.717, 1.165) is 31.2 Å². The van der Waals surface area contributed by atoms with Crippen molar-refractivity contribution in [3.63, 3.8) is 0 Å². The number of hydrogen-bond acceptors (Lipinski definition) is 4. The first kappa shape index (κ1) is 21.7. The molecule has 0 unspecified atom stereocenters. The van der Waals surface area contributed by atoms with Gasteiger partial charge in [-0.2, -0.15) is 0 Å². The smallest absolute Gasteiger partial charge is 0.261 e. The van der Waals surface area contributed by atoms with E-state index in [1.165, 1.54) is 0 Å². The van der Waals surface area contributed by atoms with E-state index in [1.807, 2.05) is 42.5 Å². The van der Waals surface area contributed by atoms with Crippen molar-refractivity contribution in [1.82, 2.24) is 10.2 Å². The van der Waals surface area contributed by atoms with Crippen LogP contribution < -0.4 is 14.8 Å². The Labute approximate surface area is 178 Å². The van der Waals surface area contributed by atoms with Gasteiger partial charge in [-0.25, -0.2) is 0 Å². The summed E-state index contributed by atoms with van der Waals surface area (Å²) in [5.41, 5.74) is 0.892. The summed E-state index contributed by atoms with van der Waals surface area (Å²) in [6, 6.07) is 16.3. The van der Waals surface area contributed by atoms with Crippen molar-refractivity contribution in [2.24, 2.45) is 0 Å². The number of carbonyl (C=O) groups excluding carboxylic acids is 2. The molecule has 1 atom stereocenters. The van der Waals surface area contributed by atoms with Gasteiger partial charge in [0.2, 0.25) is 5.91 Å². The molecular formula is C24H30N2O4. The average Bonchev–Trinajstić information content (AvgIpc) is 3.29. The van der Waals surface area contributed by atoms with Gasteiger partial charge in [0.1, 0.15) is 17.5 Å². The van der Waals surface area contributed by atoms with Crippen LogP contribution in [0.25, 0.3) is 0 Å². The van der Waals surface area contributed by atoms with Gasteiger partial charge in [0.25, 0.3) is 5.91 Å². The number of carbonyl (C=O) groups is 2. The molecule has 0 saturated heterocycles. The fraction of sp³-hybridized carbons (Fsp3) is 0.417. The van der Waals surface area contributed by atoms with Crippen molar-refractivity contribution in [2.45, 2.75) is 51.2 Å². The number of methoxy groups -OCH3 is 1. The zero-order chi connectivity index (χ0) is 21.3. The van der Waals surface area contributed by atoms with Crippen LogP contribution in [0.2, 0.25) is 0 Å². The first-order chi connectivity index (χ1) is 14.6. The molecule has 0 aliphatic heterocycles. The maximum absolute atomic E-state index is 13.0. The third-order valence-corrected chi connectivity index (χ3v) is 5.46. The lowest BCUT2D eigenvalue weighted by Gasteiger charge is -2.29. The van der Waals surface area contributed by atoms with Crippen LogP contribution in [-0.4, -0.2) is 42.5 Å². The molecule has 0 aromatic heterocycles. The van der Waals surface area contributed by atoms with E-state index in [2.05, 4.69) is 5.32 Å². The minimum absolute atomic E-state index is 0.127. The Hall–Kier alpha value is -3.02. The Kier molecular flexibility index (Phi) is 7.71. The van der Waals surface area contributed by atoms with Crippen molar-refractivity contribution in [3.05, 3.63) is 60.2 Å². The topological polar surface area (TPSA) is 67.9 Å². The van der Waals surface area contributed by atoms with E-state index in [1.54, 1.807) is 31.1 Å². The van der Waals surface area contributed by atoms with Gasteiger partial charge >= 0.3 is 0 Å². The first-order valence-corrected chi connectivity index (χ1v) is 10.5. The van der Waals surface area contributed by atoms with Gasteiger partial charge in [0, 0.05) is 12.6 Å². The quantitative estimate of drug-likeness (QED) is 0.687. The normalized spacial score (nSPS) is 14.7. The van der Waals surface area contributed by atoms with E-state index in [9.17, 15) is 9.59 Å². The molecule has 2 aromatic rings. The highest BCUT2D eigenvalue weighted by atomic mass is 16.5. The largest absolute Gasteiger partial charge is 0.497 e. The molecule has 30 heavy (non-hydrogen) atoms. The van der Waals surface area contributed by atoms with Crippen LogP contribution in [0.4, 0.5) is 0 Å². The molecule has 2 amide bonds. The lowest BCUT2D eigenvalue weighted by atomic mass is 10.1. The minimum Gasteiger partial charge on any atom is -0.497 e. The Balaban J connectivity index is 1.72. The molecule has 1 saturated carbocycles. The van der Waals surface area contributed by atoms with Gasteiger partial charge in [-0.15, -0.1) is 0 Å². The highest BCUT2D eigenvalue weighted by molar-refractivity contribution is 5.88. The third kappa shape index (κ3) is 5.99. The summed E-state index contributed by atoms with van der Waals surface area (Å²) >= 11 is 0. The fourth-order valence-electron chi connectivity index (χ4n) is 3.69. The summed E-state index contributed by atoms with van der Waals surface area (Å²) in [5.74, 6) is 0.965. The number of nitrogens with zero attached hydrogens (tertiary/aromatic N) is 1. The molecule has 0 radical (unpaired) electrons. The summed E-state index contributed by atoms with van der Waals surface area (Å²) in [7, 11) is 1.60. The van der Waals surface area contributed by atoms with Crippen LogP contribution in [0.15, 0.2) is 54.6 Å². The SMILES string of the molecule is COc1cccc(CN(C(=O)COc2ccccc2)[C@@H](C)C(=O)NC2CCCC2)c1. The van der Waals surface area contributed by atoms with Crippen LogP contribution in [0.5, 0.6) is 11.5 Å². The summed E-state index contributed by atoms with van der Waals surface area (Å²) in [5, 5.41) is 3.10. The summed E-state index contributed by atoms with van der Waals surface area (Å²) in [4.78, 5) is 27.5. The third-order valence-electron chi connectivity index (χ3n) is 5.46. The van der Waals surface area contributed by atoms with Gasteiger partial charge in [-0.3, -0.25) is 9.59 Å². The van der Waals surface area contributed by atoms with Crippen LogP contribution in [0, 0.1) is 0 Å². The Bertz CT molecular complexity index is 834. The molecule has 0 heterocycles. The number of nitrogens with one attached hydrogen (secondary N) is 1. The van der Waals surface area contributed by atoms with E-state index >= 15 is 0 Å². The van der Waals surface area contributed by atoms with E-state index in [0.29, 0.717) is 18.0 Å². The van der Waals surface area contributed by atoms with Crippen molar-refractivity contribution in [3.8, 4) is 11.5 Å².